The highest BCUT2D eigenvalue weighted by Gasteiger charge is 2.42. The summed E-state index contributed by atoms with van der Waals surface area (Å²) in [4.78, 5) is 18.4. The Morgan fingerprint density at radius 3 is 2.62 bits per heavy atom. The number of nitrogens with zero attached hydrogens (tertiary/aromatic N) is 2. The Labute approximate surface area is 171 Å². The van der Waals surface area contributed by atoms with Crippen LogP contribution in [0.3, 0.4) is 0 Å². The maximum absolute atomic E-state index is 12.8. The van der Waals surface area contributed by atoms with Crippen LogP contribution in [0.5, 0.6) is 0 Å². The van der Waals surface area contributed by atoms with Gasteiger partial charge in [0.05, 0.1) is 18.3 Å². The van der Waals surface area contributed by atoms with Gasteiger partial charge in [0.25, 0.3) is 0 Å². The molecule has 2 heterocycles. The first-order valence-electron chi connectivity index (χ1n) is 10.0. The lowest BCUT2D eigenvalue weighted by atomic mass is 9.80. The Morgan fingerprint density at radius 2 is 2.03 bits per heavy atom. The minimum Gasteiger partial charge on any atom is -0.444 e. The van der Waals surface area contributed by atoms with Crippen molar-refractivity contribution in [2.24, 2.45) is 11.3 Å². The van der Waals surface area contributed by atoms with E-state index in [1.54, 1.807) is 11.1 Å². The number of likely N-dealkylation sites (tertiary alicyclic amines) is 1. The zero-order chi connectivity index (χ0) is 21.2. The first-order valence-corrected chi connectivity index (χ1v) is 10.0. The minimum absolute atomic E-state index is 0.0493. The Morgan fingerprint density at radius 1 is 1.34 bits per heavy atom. The van der Waals surface area contributed by atoms with Gasteiger partial charge in [-0.2, -0.15) is 0 Å². The van der Waals surface area contributed by atoms with E-state index in [-0.39, 0.29) is 17.2 Å². The molecule has 0 radical (unpaired) electrons. The first kappa shape index (κ1) is 21.5. The molecule has 0 bridgehead atoms. The van der Waals surface area contributed by atoms with Gasteiger partial charge in [0.1, 0.15) is 6.23 Å². The number of aliphatic hydroxyl groups is 2. The average molecular weight is 402 g/mol. The summed E-state index contributed by atoms with van der Waals surface area (Å²) in [7, 11) is 0. The second-order valence-corrected chi connectivity index (χ2v) is 8.95. The second-order valence-electron chi connectivity index (χ2n) is 8.95. The van der Waals surface area contributed by atoms with Crippen molar-refractivity contribution in [2.75, 3.05) is 6.54 Å². The van der Waals surface area contributed by atoms with Crippen molar-refractivity contribution in [1.29, 1.82) is 0 Å². The SMILES string of the molecule is CC(C(O)N1C[C@H](O)CC1C(=O)NCc1ccc(-c2cnco2)cc1)C(C)(C)C. The van der Waals surface area contributed by atoms with Crippen molar-refractivity contribution in [3.8, 4) is 11.3 Å². The van der Waals surface area contributed by atoms with Crippen molar-refractivity contribution in [2.45, 2.75) is 59.0 Å². The maximum atomic E-state index is 12.8. The normalized spacial score (nSPS) is 22.4. The van der Waals surface area contributed by atoms with Crippen LogP contribution in [0, 0.1) is 11.3 Å². The van der Waals surface area contributed by atoms with Crippen molar-refractivity contribution in [1.82, 2.24) is 15.2 Å². The molecular weight excluding hydrogens is 370 g/mol. The number of amides is 1. The van der Waals surface area contributed by atoms with Gasteiger partial charge in [-0.25, -0.2) is 4.98 Å². The van der Waals surface area contributed by atoms with Crippen LogP contribution < -0.4 is 5.32 Å². The lowest BCUT2D eigenvalue weighted by Crippen LogP contribution is -2.51. The summed E-state index contributed by atoms with van der Waals surface area (Å²) in [6, 6.07) is 7.15. The van der Waals surface area contributed by atoms with E-state index in [0.717, 1.165) is 11.1 Å². The van der Waals surface area contributed by atoms with E-state index in [2.05, 4.69) is 31.1 Å². The molecule has 7 heteroatoms. The molecule has 3 N–H and O–H groups in total. The number of nitrogens with one attached hydrogen (secondary N) is 1. The van der Waals surface area contributed by atoms with Gasteiger partial charge in [-0.15, -0.1) is 0 Å². The highest BCUT2D eigenvalue weighted by atomic mass is 16.3. The van der Waals surface area contributed by atoms with Crippen LogP contribution in [-0.2, 0) is 11.3 Å². The molecule has 1 aliphatic rings. The van der Waals surface area contributed by atoms with Crippen LogP contribution in [0.1, 0.15) is 39.7 Å². The van der Waals surface area contributed by atoms with Gasteiger partial charge in [0, 0.05) is 24.6 Å². The molecule has 3 unspecified atom stereocenters. The zero-order valence-corrected chi connectivity index (χ0v) is 17.5. The monoisotopic (exact) mass is 401 g/mol. The van der Waals surface area contributed by atoms with Crippen LogP contribution in [-0.4, -0.2) is 50.9 Å². The molecule has 7 nitrogen and oxygen atoms in total. The molecule has 4 atom stereocenters. The minimum atomic E-state index is -0.788. The molecule has 158 valence electrons. The molecule has 3 rings (SSSR count). The van der Waals surface area contributed by atoms with Gasteiger partial charge in [-0.3, -0.25) is 9.69 Å². The van der Waals surface area contributed by atoms with Crippen LogP contribution in [0.4, 0.5) is 0 Å². The smallest absolute Gasteiger partial charge is 0.237 e. The fourth-order valence-corrected chi connectivity index (χ4v) is 3.57. The highest BCUT2D eigenvalue weighted by molar-refractivity contribution is 5.82. The first-order chi connectivity index (χ1) is 13.7. The Kier molecular flexibility index (Phi) is 6.41. The molecule has 1 amide bonds. The third-order valence-electron chi connectivity index (χ3n) is 5.91. The van der Waals surface area contributed by atoms with Gasteiger partial charge in [0.2, 0.25) is 5.91 Å². The number of β-amino-alcohol motifs (C(OH)–C–C–N with tert-alkyl or cyclic N) is 1. The van der Waals surface area contributed by atoms with Gasteiger partial charge < -0.3 is 19.9 Å². The topological polar surface area (TPSA) is 98.8 Å². The van der Waals surface area contributed by atoms with E-state index >= 15 is 0 Å². The number of hydrogen-bond acceptors (Lipinski definition) is 6. The Hall–Kier alpha value is -2.22. The molecule has 1 saturated heterocycles. The van der Waals surface area contributed by atoms with E-state index < -0.39 is 18.4 Å². The molecule has 1 aromatic heterocycles. The number of hydrogen-bond donors (Lipinski definition) is 3. The van der Waals surface area contributed by atoms with Gasteiger partial charge in [-0.1, -0.05) is 52.0 Å². The van der Waals surface area contributed by atoms with E-state index in [4.69, 9.17) is 4.42 Å². The van der Waals surface area contributed by atoms with E-state index in [9.17, 15) is 15.0 Å². The van der Waals surface area contributed by atoms with Crippen LogP contribution in [0.2, 0.25) is 0 Å². The fourth-order valence-electron chi connectivity index (χ4n) is 3.57. The number of aromatic nitrogens is 1. The van der Waals surface area contributed by atoms with Gasteiger partial charge in [0.15, 0.2) is 12.2 Å². The van der Waals surface area contributed by atoms with Gasteiger partial charge in [-0.05, 0) is 17.4 Å². The van der Waals surface area contributed by atoms with Crippen LogP contribution in [0.15, 0.2) is 41.3 Å². The van der Waals surface area contributed by atoms with Crippen molar-refractivity contribution >= 4 is 5.91 Å². The number of aliphatic hydroxyl groups excluding tert-OH is 2. The third-order valence-corrected chi connectivity index (χ3v) is 5.91. The number of benzene rings is 1. The summed E-state index contributed by atoms with van der Waals surface area (Å²) in [6.07, 6.45) is 1.96. The standard InChI is InChI=1S/C22H31N3O4/c1-14(22(2,3)4)21(28)25-12-17(26)9-18(25)20(27)24-10-15-5-7-16(8-6-15)19-11-23-13-29-19/h5-8,11,13-14,17-18,21,26,28H,9-10,12H2,1-4H3,(H,24,27)/t14?,17-,18?,21?/m1/s1. The van der Waals surface area contributed by atoms with Crippen molar-refractivity contribution in [3.05, 3.63) is 42.4 Å². The molecule has 29 heavy (non-hydrogen) atoms. The van der Waals surface area contributed by atoms with E-state index in [1.165, 1.54) is 6.39 Å². The molecular formula is C22H31N3O4. The quantitative estimate of drug-likeness (QED) is 0.687. The van der Waals surface area contributed by atoms with Gasteiger partial charge >= 0.3 is 0 Å². The summed E-state index contributed by atoms with van der Waals surface area (Å²) in [5.74, 6) is 0.464. The molecule has 0 spiro atoms. The van der Waals surface area contributed by atoms with Crippen LogP contribution >= 0.6 is 0 Å². The lowest BCUT2D eigenvalue weighted by Gasteiger charge is -2.38. The predicted molar refractivity (Wildman–Crippen MR) is 110 cm³/mol. The number of carbonyl (C=O) groups excluding carboxylic acids is 1. The number of carbonyl (C=O) groups is 1. The number of oxazole rings is 1. The van der Waals surface area contributed by atoms with E-state index in [1.807, 2.05) is 31.2 Å². The number of rotatable bonds is 6. The predicted octanol–water partition coefficient (Wildman–Crippen LogP) is 2.39. The molecule has 0 aliphatic carbocycles. The molecule has 1 aromatic carbocycles. The fraction of sp³-hybridized carbons (Fsp3) is 0.545. The largest absolute Gasteiger partial charge is 0.444 e. The zero-order valence-electron chi connectivity index (χ0n) is 17.5. The summed E-state index contributed by atoms with van der Waals surface area (Å²) in [5.41, 5.74) is 1.76. The molecule has 1 fully saturated rings. The third kappa shape index (κ3) is 5.04. The summed E-state index contributed by atoms with van der Waals surface area (Å²) >= 11 is 0. The summed E-state index contributed by atoms with van der Waals surface area (Å²) in [5, 5.41) is 23.9. The average Bonchev–Trinajstić information content (AvgIpc) is 3.34. The second kappa shape index (κ2) is 8.65. The molecule has 1 aliphatic heterocycles. The highest BCUT2D eigenvalue weighted by Crippen LogP contribution is 2.33. The van der Waals surface area contributed by atoms with Crippen molar-refractivity contribution < 1.29 is 19.4 Å². The molecule has 2 aromatic rings. The Balaban J connectivity index is 1.61. The van der Waals surface area contributed by atoms with Crippen molar-refractivity contribution in [3.63, 3.8) is 0 Å². The summed E-state index contributed by atoms with van der Waals surface area (Å²) < 4.78 is 5.28. The molecule has 0 saturated carbocycles. The maximum Gasteiger partial charge on any atom is 0.237 e. The summed E-state index contributed by atoms with van der Waals surface area (Å²) in [6.45, 7) is 8.83. The Bertz CT molecular complexity index is 798. The lowest BCUT2D eigenvalue weighted by molar-refractivity contribution is -0.134. The van der Waals surface area contributed by atoms with E-state index in [0.29, 0.717) is 25.3 Å². The van der Waals surface area contributed by atoms with Crippen LogP contribution in [0.25, 0.3) is 11.3 Å².